The van der Waals surface area contributed by atoms with Gasteiger partial charge < -0.3 is 5.32 Å². The molecule has 1 unspecified atom stereocenters. The van der Waals surface area contributed by atoms with Crippen LogP contribution in [0.2, 0.25) is 0 Å². The van der Waals surface area contributed by atoms with E-state index in [-0.39, 0.29) is 6.04 Å². The summed E-state index contributed by atoms with van der Waals surface area (Å²) in [6.45, 7) is 2.17. The van der Waals surface area contributed by atoms with Crippen molar-refractivity contribution in [2.24, 2.45) is 0 Å². The molecule has 0 aliphatic rings. The predicted octanol–water partition coefficient (Wildman–Crippen LogP) is 4.73. The maximum atomic E-state index is 3.56. The highest BCUT2D eigenvalue weighted by Crippen LogP contribution is 2.34. The molecular weight excluding hydrogens is 409 g/mol. The number of aryl methyl sites for hydroxylation is 1. The van der Waals surface area contributed by atoms with Gasteiger partial charge in [0.2, 0.25) is 0 Å². The van der Waals surface area contributed by atoms with E-state index < -0.39 is 0 Å². The Balaban J connectivity index is 2.47. The molecule has 1 atom stereocenters. The minimum atomic E-state index is 0.269. The van der Waals surface area contributed by atoms with Crippen LogP contribution in [0.25, 0.3) is 0 Å². The van der Waals surface area contributed by atoms with E-state index in [1.807, 2.05) is 7.05 Å². The number of halogens is 2. The van der Waals surface area contributed by atoms with E-state index in [2.05, 4.69) is 81.1 Å². The lowest BCUT2D eigenvalue weighted by atomic mass is 10.00. The molecule has 1 nitrogen and oxygen atoms in total. The molecule has 0 amide bonds. The van der Waals surface area contributed by atoms with E-state index in [9.17, 15) is 0 Å². The van der Waals surface area contributed by atoms with Crippen LogP contribution in [0.5, 0.6) is 0 Å². The van der Waals surface area contributed by atoms with Crippen molar-refractivity contribution in [3.8, 4) is 0 Å². The van der Waals surface area contributed by atoms with Crippen molar-refractivity contribution < 1.29 is 0 Å². The highest BCUT2D eigenvalue weighted by molar-refractivity contribution is 14.1. The summed E-state index contributed by atoms with van der Waals surface area (Å²) in [6.07, 6.45) is 0. The lowest BCUT2D eigenvalue weighted by Gasteiger charge is -2.18. The Hall–Kier alpha value is 0.0900. The Bertz CT molecular complexity index is 524. The molecule has 0 saturated heterocycles. The second-order valence-corrected chi connectivity index (χ2v) is 7.60. The fourth-order valence-electron chi connectivity index (χ4n) is 1.93. The normalized spacial score (nSPS) is 12.7. The lowest BCUT2D eigenvalue weighted by molar-refractivity contribution is 0.687. The zero-order valence-electron chi connectivity index (χ0n) is 9.63. The molecule has 1 aromatic carbocycles. The molecule has 0 saturated carbocycles. The van der Waals surface area contributed by atoms with Crippen LogP contribution >= 0.6 is 49.9 Å². The van der Waals surface area contributed by atoms with Crippen LogP contribution in [0.15, 0.2) is 34.1 Å². The third kappa shape index (κ3) is 2.92. The number of benzene rings is 1. The van der Waals surface area contributed by atoms with Crippen molar-refractivity contribution in [2.75, 3.05) is 7.05 Å². The van der Waals surface area contributed by atoms with Crippen LogP contribution in [-0.4, -0.2) is 7.05 Å². The molecule has 90 valence electrons. The molecule has 0 aliphatic carbocycles. The van der Waals surface area contributed by atoms with Crippen LogP contribution in [0.4, 0.5) is 0 Å². The number of thiophene rings is 1. The molecule has 1 aromatic heterocycles. The van der Waals surface area contributed by atoms with Crippen LogP contribution < -0.4 is 5.32 Å². The van der Waals surface area contributed by atoms with Crippen molar-refractivity contribution in [1.29, 1.82) is 0 Å². The van der Waals surface area contributed by atoms with Gasteiger partial charge in [0.15, 0.2) is 0 Å². The number of hydrogen-bond acceptors (Lipinski definition) is 2. The number of nitrogens with one attached hydrogen (secondary N) is 1. The van der Waals surface area contributed by atoms with Crippen molar-refractivity contribution in [1.82, 2.24) is 5.32 Å². The minimum absolute atomic E-state index is 0.269. The van der Waals surface area contributed by atoms with Gasteiger partial charge in [-0.05, 0) is 75.8 Å². The second-order valence-electron chi connectivity index (χ2n) is 3.81. The highest BCUT2D eigenvalue weighted by Gasteiger charge is 2.18. The largest absolute Gasteiger partial charge is 0.309 e. The molecule has 0 aliphatic heterocycles. The van der Waals surface area contributed by atoms with Gasteiger partial charge in [0.05, 0.1) is 9.83 Å². The summed E-state index contributed by atoms with van der Waals surface area (Å²) < 4.78 is 2.49. The monoisotopic (exact) mass is 421 g/mol. The van der Waals surface area contributed by atoms with Gasteiger partial charge in [-0.3, -0.25) is 0 Å². The molecule has 0 radical (unpaired) electrons. The van der Waals surface area contributed by atoms with Gasteiger partial charge in [-0.1, -0.05) is 18.2 Å². The standard InChI is InChI=1S/C13H13BrINS/c1-8-10(7-12(14)17-8)13(16-2)9-5-3-4-6-11(9)15/h3-7,13,16H,1-2H3. The Kier molecular flexibility index (Phi) is 4.63. The predicted molar refractivity (Wildman–Crippen MR) is 86.8 cm³/mol. The van der Waals surface area contributed by atoms with E-state index in [1.54, 1.807) is 11.3 Å². The molecule has 0 fully saturated rings. The first kappa shape index (κ1) is 13.5. The summed E-state index contributed by atoms with van der Waals surface area (Å²) in [5, 5.41) is 3.41. The van der Waals surface area contributed by atoms with Crippen LogP contribution in [-0.2, 0) is 0 Å². The summed E-state index contributed by atoms with van der Waals surface area (Å²) in [5.74, 6) is 0. The Morgan fingerprint density at radius 3 is 2.53 bits per heavy atom. The van der Waals surface area contributed by atoms with Crippen LogP contribution in [0.1, 0.15) is 22.0 Å². The fourth-order valence-corrected chi connectivity index (χ4v) is 4.38. The topological polar surface area (TPSA) is 12.0 Å². The summed E-state index contributed by atoms with van der Waals surface area (Å²) in [5.41, 5.74) is 2.69. The maximum Gasteiger partial charge on any atom is 0.0704 e. The van der Waals surface area contributed by atoms with Gasteiger partial charge >= 0.3 is 0 Å². The first-order chi connectivity index (χ1) is 8.13. The maximum absolute atomic E-state index is 3.56. The fraction of sp³-hybridized carbons (Fsp3) is 0.231. The smallest absolute Gasteiger partial charge is 0.0704 e. The van der Waals surface area contributed by atoms with Gasteiger partial charge in [0.25, 0.3) is 0 Å². The second kappa shape index (κ2) is 5.82. The van der Waals surface area contributed by atoms with E-state index in [0.717, 1.165) is 0 Å². The molecule has 0 bridgehead atoms. The quantitative estimate of drug-likeness (QED) is 0.706. The lowest BCUT2D eigenvalue weighted by Crippen LogP contribution is -2.18. The highest BCUT2D eigenvalue weighted by atomic mass is 127. The molecular formula is C13H13BrINS. The third-order valence-corrected chi connectivity index (χ3v) is 5.29. The number of rotatable bonds is 3. The average molecular weight is 422 g/mol. The van der Waals surface area contributed by atoms with Gasteiger partial charge in [-0.15, -0.1) is 11.3 Å². The van der Waals surface area contributed by atoms with Gasteiger partial charge in [-0.25, -0.2) is 0 Å². The third-order valence-electron chi connectivity index (χ3n) is 2.74. The summed E-state index contributed by atoms with van der Waals surface area (Å²) >= 11 is 7.74. The summed E-state index contributed by atoms with van der Waals surface area (Å²) in [6, 6.07) is 11.0. The Morgan fingerprint density at radius 1 is 1.29 bits per heavy atom. The number of hydrogen-bond donors (Lipinski definition) is 1. The average Bonchev–Trinajstić information content (AvgIpc) is 2.62. The van der Waals surface area contributed by atoms with Crippen molar-refractivity contribution in [3.63, 3.8) is 0 Å². The minimum Gasteiger partial charge on any atom is -0.309 e. The van der Waals surface area contributed by atoms with E-state index in [0.29, 0.717) is 0 Å². The summed E-state index contributed by atoms with van der Waals surface area (Å²) in [4.78, 5) is 1.36. The zero-order chi connectivity index (χ0) is 12.4. The van der Waals surface area contributed by atoms with Crippen LogP contribution in [0.3, 0.4) is 0 Å². The Morgan fingerprint density at radius 2 is 2.00 bits per heavy atom. The molecule has 1 heterocycles. The van der Waals surface area contributed by atoms with Crippen molar-refractivity contribution in [2.45, 2.75) is 13.0 Å². The van der Waals surface area contributed by atoms with Crippen molar-refractivity contribution in [3.05, 3.63) is 53.7 Å². The molecule has 4 heteroatoms. The molecule has 2 aromatic rings. The molecule has 1 N–H and O–H groups in total. The van der Waals surface area contributed by atoms with E-state index >= 15 is 0 Å². The Labute approximate surface area is 128 Å². The van der Waals surface area contributed by atoms with Gasteiger partial charge in [0.1, 0.15) is 0 Å². The van der Waals surface area contributed by atoms with E-state index in [4.69, 9.17) is 0 Å². The van der Waals surface area contributed by atoms with Crippen LogP contribution in [0, 0.1) is 10.5 Å². The first-order valence-electron chi connectivity index (χ1n) is 5.31. The SMILES string of the molecule is CNC(c1ccccc1I)c1cc(Br)sc1C. The molecule has 17 heavy (non-hydrogen) atoms. The molecule has 2 rings (SSSR count). The first-order valence-corrected chi connectivity index (χ1v) is 8.00. The zero-order valence-corrected chi connectivity index (χ0v) is 14.2. The van der Waals surface area contributed by atoms with Crippen molar-refractivity contribution >= 4 is 49.9 Å². The van der Waals surface area contributed by atoms with Gasteiger partial charge in [0, 0.05) is 8.45 Å². The van der Waals surface area contributed by atoms with Gasteiger partial charge in [-0.2, -0.15) is 0 Å². The summed E-state index contributed by atoms with van der Waals surface area (Å²) in [7, 11) is 2.01. The molecule has 0 spiro atoms. The van der Waals surface area contributed by atoms with E-state index in [1.165, 1.54) is 23.4 Å².